The Morgan fingerprint density at radius 2 is 1.85 bits per heavy atom. The van der Waals surface area contributed by atoms with Gasteiger partial charge in [0.15, 0.2) is 11.9 Å². The third kappa shape index (κ3) is 6.09. The van der Waals surface area contributed by atoms with Gasteiger partial charge in [-0.2, -0.15) is 13.2 Å². The molecule has 39 heavy (non-hydrogen) atoms. The Bertz CT molecular complexity index is 1310. The van der Waals surface area contributed by atoms with E-state index in [9.17, 15) is 27.5 Å². The Labute approximate surface area is 225 Å². The summed E-state index contributed by atoms with van der Waals surface area (Å²) in [6.07, 6.45) is -7.42. The molecule has 1 N–H and O–H groups in total. The van der Waals surface area contributed by atoms with Crippen molar-refractivity contribution in [3.8, 4) is 11.5 Å². The number of ketones is 1. The summed E-state index contributed by atoms with van der Waals surface area (Å²) in [4.78, 5) is 15.5. The summed E-state index contributed by atoms with van der Waals surface area (Å²) in [6, 6.07) is 19.4. The predicted molar refractivity (Wildman–Crippen MR) is 138 cm³/mol. The third-order valence-electron chi connectivity index (χ3n) is 7.38. The van der Waals surface area contributed by atoms with Gasteiger partial charge in [-0.3, -0.25) is 9.69 Å². The first-order valence-electron chi connectivity index (χ1n) is 12.5. The Hall–Kier alpha value is -3.43. The molecule has 1 fully saturated rings. The summed E-state index contributed by atoms with van der Waals surface area (Å²) in [5, 5.41) is 9.92. The fourth-order valence-corrected chi connectivity index (χ4v) is 5.46. The molecule has 3 aromatic rings. The van der Waals surface area contributed by atoms with Crippen molar-refractivity contribution in [3.05, 3.63) is 94.8 Å². The molecule has 1 aliphatic rings. The molecular weight excluding hydrogens is 514 g/mol. The number of ether oxygens (including phenoxy) is 2. The lowest BCUT2D eigenvalue weighted by Crippen LogP contribution is -2.51. The normalized spacial score (nSPS) is 20.9. The molecule has 0 aliphatic carbocycles. The maximum Gasteiger partial charge on any atom is 0.415 e. The van der Waals surface area contributed by atoms with Gasteiger partial charge in [-0.15, -0.1) is 0 Å². The average molecular weight is 545 g/mol. The van der Waals surface area contributed by atoms with Gasteiger partial charge >= 0.3 is 6.18 Å². The number of hydrogen-bond acceptors (Lipinski definition) is 5. The molecule has 0 spiro atoms. The summed E-state index contributed by atoms with van der Waals surface area (Å²) in [6.45, 7) is 0.897. The van der Waals surface area contributed by atoms with Crippen LogP contribution in [0.4, 0.5) is 17.6 Å². The summed E-state index contributed by atoms with van der Waals surface area (Å²) >= 11 is 0. The second kappa shape index (κ2) is 11.8. The highest BCUT2D eigenvalue weighted by Crippen LogP contribution is 2.47. The quantitative estimate of drug-likeness (QED) is 0.298. The minimum atomic E-state index is -4.83. The SMILES string of the molecule is COc1cccc(C(=O)[C@H]2CN(CC(O)C(F)(F)F)C[C@H](c3[c]cccc3OC)[C@H]2c2cccc(F)c2C)c1. The highest BCUT2D eigenvalue weighted by Gasteiger charge is 2.46. The number of hydrogen-bond donors (Lipinski definition) is 1. The van der Waals surface area contributed by atoms with Gasteiger partial charge in [0.25, 0.3) is 0 Å². The fourth-order valence-electron chi connectivity index (χ4n) is 5.46. The van der Waals surface area contributed by atoms with Gasteiger partial charge in [-0.05, 0) is 48.4 Å². The Kier molecular flexibility index (Phi) is 8.61. The first-order valence-corrected chi connectivity index (χ1v) is 12.5. The smallest absolute Gasteiger partial charge is 0.415 e. The largest absolute Gasteiger partial charge is 0.497 e. The second-order valence-corrected chi connectivity index (χ2v) is 9.72. The van der Waals surface area contributed by atoms with Crippen LogP contribution < -0.4 is 9.47 Å². The molecule has 0 bridgehead atoms. The highest BCUT2D eigenvalue weighted by atomic mass is 19.4. The van der Waals surface area contributed by atoms with Crippen molar-refractivity contribution < 1.29 is 36.9 Å². The van der Waals surface area contributed by atoms with Crippen molar-refractivity contribution in [1.29, 1.82) is 0 Å². The average Bonchev–Trinajstić information content (AvgIpc) is 2.93. The lowest BCUT2D eigenvalue weighted by Gasteiger charge is -2.45. The zero-order valence-electron chi connectivity index (χ0n) is 21.8. The number of likely N-dealkylation sites (tertiary alicyclic amines) is 1. The first-order chi connectivity index (χ1) is 18.5. The number of halogens is 4. The predicted octanol–water partition coefficient (Wildman–Crippen LogP) is 5.56. The van der Waals surface area contributed by atoms with Gasteiger partial charge in [-0.1, -0.05) is 36.4 Å². The van der Waals surface area contributed by atoms with Gasteiger partial charge in [0.05, 0.1) is 14.2 Å². The molecule has 3 aromatic carbocycles. The van der Waals surface area contributed by atoms with Crippen LogP contribution in [0.15, 0.2) is 60.7 Å². The van der Waals surface area contributed by atoms with E-state index >= 15 is 0 Å². The van der Waals surface area contributed by atoms with Crippen LogP contribution in [-0.2, 0) is 0 Å². The zero-order chi connectivity index (χ0) is 28.3. The number of carbonyl (C=O) groups excluding carboxylic acids is 1. The fraction of sp³-hybridized carbons (Fsp3) is 0.367. The van der Waals surface area contributed by atoms with Gasteiger partial charge < -0.3 is 14.6 Å². The van der Waals surface area contributed by atoms with E-state index in [-0.39, 0.29) is 18.9 Å². The van der Waals surface area contributed by atoms with Gasteiger partial charge in [-0.25, -0.2) is 4.39 Å². The lowest BCUT2D eigenvalue weighted by atomic mass is 9.67. The molecule has 4 atom stereocenters. The molecule has 1 saturated heterocycles. The lowest BCUT2D eigenvalue weighted by molar-refractivity contribution is -0.209. The molecule has 207 valence electrons. The number of methoxy groups -OCH3 is 2. The van der Waals surface area contributed by atoms with Crippen molar-refractivity contribution >= 4 is 5.78 Å². The van der Waals surface area contributed by atoms with Gasteiger partial charge in [0.2, 0.25) is 0 Å². The molecule has 1 aliphatic heterocycles. The topological polar surface area (TPSA) is 59.0 Å². The van der Waals surface area contributed by atoms with Crippen LogP contribution in [0.1, 0.15) is 38.9 Å². The van der Waals surface area contributed by atoms with Crippen molar-refractivity contribution in [2.75, 3.05) is 33.9 Å². The Morgan fingerprint density at radius 1 is 1.10 bits per heavy atom. The minimum absolute atomic E-state index is 0.0620. The molecule has 0 amide bonds. The van der Waals surface area contributed by atoms with Crippen LogP contribution in [0.2, 0.25) is 0 Å². The van der Waals surface area contributed by atoms with Crippen LogP contribution in [0.3, 0.4) is 0 Å². The van der Waals surface area contributed by atoms with E-state index in [0.717, 1.165) is 0 Å². The number of rotatable bonds is 8. The van der Waals surface area contributed by atoms with Crippen LogP contribution in [0.25, 0.3) is 0 Å². The van der Waals surface area contributed by atoms with Crippen LogP contribution in [0, 0.1) is 24.7 Å². The molecule has 1 heterocycles. The van der Waals surface area contributed by atoms with Crippen molar-refractivity contribution in [2.45, 2.75) is 31.0 Å². The highest BCUT2D eigenvalue weighted by molar-refractivity contribution is 5.99. The number of aliphatic hydroxyl groups excluding tert-OH is 1. The number of piperidine rings is 1. The van der Waals surface area contributed by atoms with Gasteiger partial charge in [0, 0.05) is 48.5 Å². The molecule has 0 saturated carbocycles. The van der Waals surface area contributed by atoms with Crippen molar-refractivity contribution in [2.24, 2.45) is 5.92 Å². The van der Waals surface area contributed by atoms with Crippen LogP contribution in [0.5, 0.6) is 11.5 Å². The maximum atomic E-state index is 14.8. The van der Waals surface area contributed by atoms with Crippen LogP contribution in [-0.4, -0.2) is 61.9 Å². The van der Waals surface area contributed by atoms with E-state index in [1.807, 2.05) is 0 Å². The standard InChI is InChI=1S/C30H30F4NO4/c1-18-21(11-7-12-25(18)31)28-23(22-10-4-5-13-26(22)39-3)15-35(17-27(36)30(32,33)34)16-24(28)29(37)19-8-6-9-20(14-19)38-2/h4-9,11-14,23-24,27-28,36H,15-17H2,1-3H3/t23-,24+,27?,28-/m1/s1. The van der Waals surface area contributed by atoms with E-state index in [1.54, 1.807) is 61.5 Å². The van der Waals surface area contributed by atoms with E-state index in [2.05, 4.69) is 6.07 Å². The maximum absolute atomic E-state index is 14.8. The summed E-state index contributed by atoms with van der Waals surface area (Å²) < 4.78 is 65.8. The van der Waals surface area contributed by atoms with Crippen molar-refractivity contribution in [1.82, 2.24) is 4.90 Å². The molecule has 5 nitrogen and oxygen atoms in total. The molecule has 0 aromatic heterocycles. The molecule has 1 radical (unpaired) electrons. The summed E-state index contributed by atoms with van der Waals surface area (Å²) in [5.41, 5.74) is 1.81. The van der Waals surface area contributed by atoms with Crippen molar-refractivity contribution in [3.63, 3.8) is 0 Å². The van der Waals surface area contributed by atoms with E-state index in [0.29, 0.717) is 33.8 Å². The minimum Gasteiger partial charge on any atom is -0.497 e. The molecule has 1 unspecified atom stereocenters. The van der Waals surface area contributed by atoms with E-state index in [1.165, 1.54) is 25.2 Å². The Morgan fingerprint density at radius 3 is 2.54 bits per heavy atom. The summed E-state index contributed by atoms with van der Waals surface area (Å²) in [7, 11) is 2.94. The zero-order valence-corrected chi connectivity index (χ0v) is 21.8. The van der Waals surface area contributed by atoms with Gasteiger partial charge in [0.1, 0.15) is 17.3 Å². The molecule has 9 heteroatoms. The number of benzene rings is 3. The van der Waals surface area contributed by atoms with E-state index in [4.69, 9.17) is 9.47 Å². The monoisotopic (exact) mass is 544 g/mol. The van der Waals surface area contributed by atoms with Crippen LogP contribution >= 0.6 is 0 Å². The number of Topliss-reactive ketones (excluding diaryl/α,β-unsaturated/α-hetero) is 1. The number of aliphatic hydroxyl groups is 1. The number of nitrogens with zero attached hydrogens (tertiary/aromatic N) is 1. The first kappa shape index (κ1) is 28.6. The third-order valence-corrected chi connectivity index (χ3v) is 7.38. The summed E-state index contributed by atoms with van der Waals surface area (Å²) in [5.74, 6) is -1.97. The number of alkyl halides is 3. The second-order valence-electron chi connectivity index (χ2n) is 9.72. The number of β-amino-alcohol motifs (C(OH)–C–C–N with tert-alkyl or cyclic N) is 1. The number of carbonyl (C=O) groups is 1. The van der Waals surface area contributed by atoms with E-state index < -0.39 is 42.4 Å². The Balaban J connectivity index is 1.89. The molecular formula is C30H30F4NO4. The molecule has 4 rings (SSSR count).